The first-order valence-corrected chi connectivity index (χ1v) is 10.6. The van der Waals surface area contributed by atoms with Crippen LogP contribution in [-0.4, -0.2) is 74.1 Å². The maximum Gasteiger partial charge on any atom is 0.220 e. The van der Waals surface area contributed by atoms with Gasteiger partial charge in [0.05, 0.1) is 12.7 Å². The molecule has 0 aliphatic rings. The van der Waals surface area contributed by atoms with E-state index in [9.17, 15) is 30.3 Å². The summed E-state index contributed by atoms with van der Waals surface area (Å²) in [5.74, 6) is -0.0833. The number of phenols is 1. The van der Waals surface area contributed by atoms with E-state index in [1.165, 1.54) is 0 Å². The van der Waals surface area contributed by atoms with Crippen LogP contribution in [0.15, 0.2) is 12.1 Å². The highest BCUT2D eigenvalue weighted by Gasteiger charge is 2.30. The smallest absolute Gasteiger partial charge is 0.220 e. The van der Waals surface area contributed by atoms with Gasteiger partial charge in [-0.05, 0) is 33.9 Å². The number of carbonyl (C=O) groups is 1. The largest absolute Gasteiger partial charge is 0.507 e. The number of hydrogen-bond acceptors (Lipinski definition) is 7. The minimum absolute atomic E-state index is 0.128. The molecule has 3 unspecified atom stereocenters. The summed E-state index contributed by atoms with van der Waals surface area (Å²) in [5, 5.41) is 60.7. The molecule has 0 saturated heterocycles. The zero-order chi connectivity index (χ0) is 24.1. The van der Waals surface area contributed by atoms with E-state index in [0.717, 1.165) is 16.7 Å². The first-order chi connectivity index (χ1) is 14.1. The molecule has 1 rings (SSSR count). The molecule has 0 bridgehead atoms. The summed E-state index contributed by atoms with van der Waals surface area (Å²) in [6, 6.07) is 3.81. The molecule has 4 atom stereocenters. The summed E-state index contributed by atoms with van der Waals surface area (Å²) in [6.45, 7) is 11.0. The summed E-state index contributed by atoms with van der Waals surface area (Å²) >= 11 is 0. The number of amides is 1. The lowest BCUT2D eigenvalue weighted by atomic mass is 9.78. The quantitative estimate of drug-likeness (QED) is 0.294. The summed E-state index contributed by atoms with van der Waals surface area (Å²) in [6.07, 6.45) is -6.01. The van der Waals surface area contributed by atoms with Gasteiger partial charge in [-0.2, -0.15) is 0 Å². The van der Waals surface area contributed by atoms with Crippen molar-refractivity contribution in [3.8, 4) is 5.75 Å². The van der Waals surface area contributed by atoms with Crippen molar-refractivity contribution in [1.82, 2.24) is 5.32 Å². The first kappa shape index (κ1) is 27.3. The van der Waals surface area contributed by atoms with Gasteiger partial charge in [0, 0.05) is 13.0 Å². The molecule has 1 aromatic carbocycles. The van der Waals surface area contributed by atoms with Crippen LogP contribution in [-0.2, 0) is 22.0 Å². The van der Waals surface area contributed by atoms with E-state index in [1.54, 1.807) is 0 Å². The van der Waals surface area contributed by atoms with E-state index in [0.29, 0.717) is 6.42 Å². The van der Waals surface area contributed by atoms with E-state index in [2.05, 4.69) is 5.32 Å². The van der Waals surface area contributed by atoms with Gasteiger partial charge in [-0.1, -0.05) is 53.7 Å². The highest BCUT2D eigenvalue weighted by molar-refractivity contribution is 5.76. The van der Waals surface area contributed by atoms with Crippen molar-refractivity contribution >= 4 is 5.91 Å². The molecule has 7 N–H and O–H groups in total. The molecule has 8 heteroatoms. The fourth-order valence-electron chi connectivity index (χ4n) is 3.23. The number of aryl methyl sites for hydroxylation is 1. The second kappa shape index (κ2) is 10.7. The molecule has 0 saturated carbocycles. The number of aliphatic hydroxyl groups excluding tert-OH is 5. The molecule has 0 heterocycles. The van der Waals surface area contributed by atoms with Gasteiger partial charge in [0.1, 0.15) is 24.1 Å². The Hall–Kier alpha value is -1.71. The highest BCUT2D eigenvalue weighted by atomic mass is 16.4. The predicted octanol–water partition coefficient (Wildman–Crippen LogP) is 0.472. The van der Waals surface area contributed by atoms with E-state index in [1.807, 2.05) is 53.7 Å². The molecule has 0 aliphatic heterocycles. The van der Waals surface area contributed by atoms with Crippen LogP contribution in [0.4, 0.5) is 0 Å². The summed E-state index contributed by atoms with van der Waals surface area (Å²) < 4.78 is 0. The normalized spacial score (nSPS) is 16.5. The zero-order valence-electron chi connectivity index (χ0n) is 19.4. The average Bonchev–Trinajstić information content (AvgIpc) is 2.67. The molecule has 0 fully saturated rings. The Morgan fingerprint density at radius 3 is 1.77 bits per heavy atom. The summed E-state index contributed by atoms with van der Waals surface area (Å²) in [4.78, 5) is 12.2. The molecular formula is C23H39NO7. The Morgan fingerprint density at radius 2 is 1.35 bits per heavy atom. The number of carbonyl (C=O) groups excluding carboxylic acids is 1. The van der Waals surface area contributed by atoms with Crippen molar-refractivity contribution in [2.45, 2.75) is 89.6 Å². The van der Waals surface area contributed by atoms with Crippen LogP contribution in [0.3, 0.4) is 0 Å². The Kier molecular flexibility index (Phi) is 9.47. The van der Waals surface area contributed by atoms with Gasteiger partial charge in [0.2, 0.25) is 5.91 Å². The van der Waals surface area contributed by atoms with Gasteiger partial charge < -0.3 is 36.0 Å². The SMILES string of the molecule is CC(C)(C)c1cc(CCC(=O)NCC(O)C(O)C(O)[C@H](O)CO)cc(C(C)(C)C)c1O. The zero-order valence-corrected chi connectivity index (χ0v) is 19.4. The van der Waals surface area contributed by atoms with Gasteiger partial charge in [0.25, 0.3) is 0 Å². The second-order valence-electron chi connectivity index (χ2n) is 10.1. The van der Waals surface area contributed by atoms with E-state index < -0.39 is 31.0 Å². The van der Waals surface area contributed by atoms with E-state index >= 15 is 0 Å². The summed E-state index contributed by atoms with van der Waals surface area (Å²) in [5.41, 5.74) is 1.98. The Labute approximate surface area is 184 Å². The molecule has 1 amide bonds. The number of phenolic OH excluding ortho intramolecular Hbond substituents is 1. The monoisotopic (exact) mass is 441 g/mol. The van der Waals surface area contributed by atoms with Crippen molar-refractivity contribution in [2.75, 3.05) is 13.2 Å². The van der Waals surface area contributed by atoms with Gasteiger partial charge in [-0.15, -0.1) is 0 Å². The van der Waals surface area contributed by atoms with Crippen molar-refractivity contribution in [3.63, 3.8) is 0 Å². The van der Waals surface area contributed by atoms with Crippen LogP contribution in [0.25, 0.3) is 0 Å². The lowest BCUT2D eigenvalue weighted by molar-refractivity contribution is -0.126. The number of benzene rings is 1. The van der Waals surface area contributed by atoms with Crippen molar-refractivity contribution in [3.05, 3.63) is 28.8 Å². The van der Waals surface area contributed by atoms with Crippen LogP contribution in [0.2, 0.25) is 0 Å². The molecule has 0 spiro atoms. The van der Waals surface area contributed by atoms with Crippen LogP contribution >= 0.6 is 0 Å². The molecule has 178 valence electrons. The van der Waals surface area contributed by atoms with Crippen molar-refractivity contribution in [2.24, 2.45) is 0 Å². The van der Waals surface area contributed by atoms with Crippen LogP contribution in [0.1, 0.15) is 64.7 Å². The Morgan fingerprint density at radius 1 is 0.903 bits per heavy atom. The molecule has 1 aromatic rings. The summed E-state index contributed by atoms with van der Waals surface area (Å²) in [7, 11) is 0. The molecular weight excluding hydrogens is 402 g/mol. The van der Waals surface area contributed by atoms with E-state index in [-0.39, 0.29) is 35.5 Å². The van der Waals surface area contributed by atoms with Gasteiger partial charge in [-0.25, -0.2) is 0 Å². The minimum atomic E-state index is -1.74. The molecule has 31 heavy (non-hydrogen) atoms. The first-order valence-electron chi connectivity index (χ1n) is 10.6. The highest BCUT2D eigenvalue weighted by Crippen LogP contribution is 2.39. The fraction of sp³-hybridized carbons (Fsp3) is 0.696. The standard InChI is InChI=1S/C23H39NO7/c1-22(2,3)14-9-13(10-15(19(14)29)23(4,5)6)7-8-18(28)24-11-16(26)20(30)21(31)17(27)12-25/h9-10,16-17,20-21,25-27,29-31H,7-8,11-12H2,1-6H3,(H,24,28)/t16?,17-,20?,21?/m1/s1. The Bertz CT molecular complexity index is 701. The van der Waals surface area contributed by atoms with Crippen molar-refractivity contribution < 1.29 is 35.4 Å². The lowest BCUT2D eigenvalue weighted by Crippen LogP contribution is -2.49. The number of nitrogens with one attached hydrogen (secondary N) is 1. The van der Waals surface area contributed by atoms with Crippen molar-refractivity contribution in [1.29, 1.82) is 0 Å². The van der Waals surface area contributed by atoms with Gasteiger partial charge in [-0.3, -0.25) is 4.79 Å². The van der Waals surface area contributed by atoms with Crippen LogP contribution < -0.4 is 5.32 Å². The third-order valence-corrected chi connectivity index (χ3v) is 5.26. The van der Waals surface area contributed by atoms with Gasteiger partial charge in [0.15, 0.2) is 0 Å². The second-order valence-corrected chi connectivity index (χ2v) is 10.1. The molecule has 0 radical (unpaired) electrons. The van der Waals surface area contributed by atoms with Crippen LogP contribution in [0.5, 0.6) is 5.75 Å². The number of rotatable bonds is 9. The maximum atomic E-state index is 12.2. The Balaban J connectivity index is 2.81. The average molecular weight is 442 g/mol. The predicted molar refractivity (Wildman–Crippen MR) is 118 cm³/mol. The lowest BCUT2D eigenvalue weighted by Gasteiger charge is -2.28. The fourth-order valence-corrected chi connectivity index (χ4v) is 3.23. The number of aliphatic hydroxyl groups is 5. The topological polar surface area (TPSA) is 150 Å². The number of hydrogen-bond donors (Lipinski definition) is 7. The third-order valence-electron chi connectivity index (χ3n) is 5.26. The number of aromatic hydroxyl groups is 1. The maximum absolute atomic E-state index is 12.2. The van der Waals surface area contributed by atoms with Gasteiger partial charge >= 0.3 is 0 Å². The van der Waals surface area contributed by atoms with E-state index in [4.69, 9.17) is 5.11 Å². The molecule has 0 aromatic heterocycles. The molecule has 8 nitrogen and oxygen atoms in total. The minimum Gasteiger partial charge on any atom is -0.507 e. The third kappa shape index (κ3) is 7.73. The molecule has 0 aliphatic carbocycles. The van der Waals surface area contributed by atoms with Crippen LogP contribution in [0, 0.1) is 0 Å².